The van der Waals surface area contributed by atoms with Crippen molar-refractivity contribution in [3.63, 3.8) is 0 Å². The molecule has 0 aliphatic carbocycles. The molecule has 5 heteroatoms. The van der Waals surface area contributed by atoms with E-state index in [9.17, 15) is 0 Å². The van der Waals surface area contributed by atoms with Gasteiger partial charge in [-0.25, -0.2) is 0 Å². The second kappa shape index (κ2) is 8.48. The molecule has 4 nitrogen and oxygen atoms in total. The first-order valence-corrected chi connectivity index (χ1v) is 10.4. The van der Waals surface area contributed by atoms with E-state index in [1.807, 2.05) is 31.2 Å². The van der Waals surface area contributed by atoms with E-state index in [1.54, 1.807) is 11.8 Å². The second-order valence-corrected chi connectivity index (χ2v) is 7.57. The first-order valence-electron chi connectivity index (χ1n) is 9.46. The van der Waals surface area contributed by atoms with Crippen molar-refractivity contribution in [1.82, 2.24) is 14.8 Å². The molecule has 0 aliphatic heterocycles. The molecule has 0 spiro atoms. The van der Waals surface area contributed by atoms with Crippen LogP contribution in [-0.2, 0) is 18.9 Å². The normalized spacial score (nSPS) is 11.1. The zero-order valence-electron chi connectivity index (χ0n) is 16.1. The summed E-state index contributed by atoms with van der Waals surface area (Å²) in [7, 11) is 0. The summed E-state index contributed by atoms with van der Waals surface area (Å²) in [5.74, 6) is 2.60. The van der Waals surface area contributed by atoms with E-state index in [2.05, 4.69) is 64.2 Å². The largest absolute Gasteiger partial charge is 0.485 e. The number of hydrogen-bond acceptors (Lipinski definition) is 4. The molecule has 0 bridgehead atoms. The number of hydrogen-bond donors (Lipinski definition) is 0. The van der Waals surface area contributed by atoms with Gasteiger partial charge in [-0.1, -0.05) is 72.4 Å². The predicted molar refractivity (Wildman–Crippen MR) is 115 cm³/mol. The highest BCUT2D eigenvalue weighted by Gasteiger charge is 2.13. The van der Waals surface area contributed by atoms with Crippen molar-refractivity contribution in [2.75, 3.05) is 0 Å². The molecule has 0 N–H and O–H groups in total. The number of nitrogens with zero attached hydrogens (tertiary/aromatic N) is 3. The topological polar surface area (TPSA) is 39.9 Å². The van der Waals surface area contributed by atoms with E-state index < -0.39 is 0 Å². The van der Waals surface area contributed by atoms with Gasteiger partial charge in [-0.2, -0.15) is 0 Å². The van der Waals surface area contributed by atoms with Crippen molar-refractivity contribution in [1.29, 1.82) is 0 Å². The standard InChI is InChI=1S/C23H23N3OS/c1-3-26-22(15-27-21-14-7-4-9-17(21)2)24-25-23(26)28-16-19-12-8-11-18-10-5-6-13-20(18)19/h4-14H,3,15-16H2,1-2H3. The Morgan fingerprint density at radius 1 is 0.929 bits per heavy atom. The summed E-state index contributed by atoms with van der Waals surface area (Å²) >= 11 is 1.72. The van der Waals surface area contributed by atoms with Crippen LogP contribution < -0.4 is 4.74 Å². The molecule has 0 aliphatic rings. The van der Waals surface area contributed by atoms with E-state index in [0.29, 0.717) is 6.61 Å². The van der Waals surface area contributed by atoms with E-state index in [1.165, 1.54) is 16.3 Å². The molecule has 4 rings (SSSR count). The van der Waals surface area contributed by atoms with E-state index in [-0.39, 0.29) is 0 Å². The van der Waals surface area contributed by atoms with E-state index >= 15 is 0 Å². The van der Waals surface area contributed by atoms with Crippen LogP contribution in [0.25, 0.3) is 10.8 Å². The number of benzene rings is 3. The molecule has 0 fully saturated rings. The Labute approximate surface area is 169 Å². The third-order valence-electron chi connectivity index (χ3n) is 4.80. The van der Waals surface area contributed by atoms with Gasteiger partial charge in [0.1, 0.15) is 12.4 Å². The molecule has 3 aromatic carbocycles. The Kier molecular flexibility index (Phi) is 5.63. The summed E-state index contributed by atoms with van der Waals surface area (Å²) in [4.78, 5) is 0. The highest BCUT2D eigenvalue weighted by Crippen LogP contribution is 2.27. The maximum atomic E-state index is 5.97. The van der Waals surface area contributed by atoms with Gasteiger partial charge in [0.05, 0.1) is 0 Å². The lowest BCUT2D eigenvalue weighted by atomic mass is 10.1. The van der Waals surface area contributed by atoms with Crippen molar-refractivity contribution in [2.45, 2.75) is 37.9 Å². The van der Waals surface area contributed by atoms with Crippen LogP contribution in [0.4, 0.5) is 0 Å². The number of para-hydroxylation sites is 1. The van der Waals surface area contributed by atoms with Crippen molar-refractivity contribution in [3.8, 4) is 5.75 Å². The van der Waals surface area contributed by atoms with Gasteiger partial charge in [0, 0.05) is 12.3 Å². The molecule has 0 saturated carbocycles. The average Bonchev–Trinajstić information content (AvgIpc) is 3.13. The number of thioether (sulfide) groups is 1. The minimum atomic E-state index is 0.417. The molecule has 0 amide bonds. The Balaban J connectivity index is 1.49. The molecule has 28 heavy (non-hydrogen) atoms. The smallest absolute Gasteiger partial charge is 0.191 e. The fourth-order valence-corrected chi connectivity index (χ4v) is 4.30. The SMILES string of the molecule is CCn1c(COc2ccccc2C)nnc1SCc1cccc2ccccc12. The van der Waals surface area contributed by atoms with Crippen molar-refractivity contribution < 1.29 is 4.74 Å². The van der Waals surface area contributed by atoms with Crippen molar-refractivity contribution in [3.05, 3.63) is 83.7 Å². The lowest BCUT2D eigenvalue weighted by Crippen LogP contribution is -2.07. The number of aromatic nitrogens is 3. The van der Waals surface area contributed by atoms with Crippen LogP contribution in [0, 0.1) is 6.92 Å². The first kappa shape index (κ1) is 18.6. The average molecular weight is 390 g/mol. The first-order chi connectivity index (χ1) is 13.8. The molecule has 142 valence electrons. The van der Waals surface area contributed by atoms with Crippen LogP contribution in [-0.4, -0.2) is 14.8 Å². The van der Waals surface area contributed by atoms with Crippen LogP contribution in [0.15, 0.2) is 71.9 Å². The molecule has 1 aromatic heterocycles. The van der Waals surface area contributed by atoms with Crippen molar-refractivity contribution in [2.24, 2.45) is 0 Å². The highest BCUT2D eigenvalue weighted by atomic mass is 32.2. The van der Waals surface area contributed by atoms with Gasteiger partial charge in [0.2, 0.25) is 0 Å². The number of aryl methyl sites for hydroxylation is 1. The van der Waals surface area contributed by atoms with Gasteiger partial charge in [-0.3, -0.25) is 0 Å². The summed E-state index contributed by atoms with van der Waals surface area (Å²) in [6.07, 6.45) is 0. The summed E-state index contributed by atoms with van der Waals surface area (Å²) in [6, 6.07) is 23.0. The van der Waals surface area contributed by atoms with Crippen LogP contribution in [0.3, 0.4) is 0 Å². The van der Waals surface area contributed by atoms with Gasteiger partial charge in [-0.15, -0.1) is 10.2 Å². The lowest BCUT2D eigenvalue weighted by molar-refractivity contribution is 0.286. The zero-order valence-corrected chi connectivity index (χ0v) is 16.9. The van der Waals surface area contributed by atoms with Crippen LogP contribution in [0.5, 0.6) is 5.75 Å². The Hall–Kier alpha value is -2.79. The van der Waals surface area contributed by atoms with Gasteiger partial charge in [0.15, 0.2) is 11.0 Å². The molecule has 0 atom stereocenters. The molecular formula is C23H23N3OS. The monoisotopic (exact) mass is 389 g/mol. The zero-order chi connectivity index (χ0) is 19.3. The Morgan fingerprint density at radius 3 is 2.57 bits per heavy atom. The predicted octanol–water partition coefficient (Wildman–Crippen LogP) is 5.63. The number of rotatable bonds is 7. The van der Waals surface area contributed by atoms with E-state index in [0.717, 1.165) is 34.6 Å². The van der Waals surface area contributed by atoms with Crippen molar-refractivity contribution >= 4 is 22.5 Å². The van der Waals surface area contributed by atoms with Gasteiger partial charge < -0.3 is 9.30 Å². The lowest BCUT2D eigenvalue weighted by Gasteiger charge is -2.11. The number of fused-ring (bicyclic) bond motifs is 1. The summed E-state index contributed by atoms with van der Waals surface area (Å²) in [5, 5.41) is 12.3. The van der Waals surface area contributed by atoms with Gasteiger partial charge in [-0.05, 0) is 41.8 Å². The Morgan fingerprint density at radius 2 is 1.71 bits per heavy atom. The van der Waals surface area contributed by atoms with E-state index in [4.69, 9.17) is 4.74 Å². The fourth-order valence-electron chi connectivity index (χ4n) is 3.27. The van der Waals surface area contributed by atoms with Crippen LogP contribution in [0.2, 0.25) is 0 Å². The molecular weight excluding hydrogens is 366 g/mol. The maximum absolute atomic E-state index is 5.97. The summed E-state index contributed by atoms with van der Waals surface area (Å²) in [5.41, 5.74) is 2.43. The summed E-state index contributed by atoms with van der Waals surface area (Å²) in [6.45, 7) is 5.39. The third-order valence-corrected chi connectivity index (χ3v) is 5.81. The maximum Gasteiger partial charge on any atom is 0.191 e. The third kappa shape index (κ3) is 3.90. The molecule has 0 radical (unpaired) electrons. The molecule has 0 unspecified atom stereocenters. The highest BCUT2D eigenvalue weighted by molar-refractivity contribution is 7.98. The fraction of sp³-hybridized carbons (Fsp3) is 0.217. The summed E-state index contributed by atoms with van der Waals surface area (Å²) < 4.78 is 8.10. The second-order valence-electron chi connectivity index (χ2n) is 6.62. The minimum Gasteiger partial charge on any atom is -0.485 e. The molecule has 4 aromatic rings. The number of ether oxygens (including phenoxy) is 1. The van der Waals surface area contributed by atoms with Crippen LogP contribution in [0.1, 0.15) is 23.9 Å². The molecule has 0 saturated heterocycles. The minimum absolute atomic E-state index is 0.417. The van der Waals surface area contributed by atoms with Gasteiger partial charge in [0.25, 0.3) is 0 Å². The van der Waals surface area contributed by atoms with Crippen LogP contribution >= 0.6 is 11.8 Å². The molecule has 1 heterocycles. The quantitative estimate of drug-likeness (QED) is 0.384. The van der Waals surface area contributed by atoms with Gasteiger partial charge >= 0.3 is 0 Å². The Bertz CT molecular complexity index is 1080.